The number of rotatable bonds is 0. The van der Waals surface area contributed by atoms with Crippen molar-refractivity contribution in [2.45, 2.75) is 56.7 Å². The van der Waals surface area contributed by atoms with Gasteiger partial charge in [0.25, 0.3) is 0 Å². The topological polar surface area (TPSA) is 55.3 Å². The SMILES string of the molecule is N[C@@H]1C[C@H]2CCCC[C@@H](C1)N2N. The Kier molecular flexibility index (Phi) is 2.35. The minimum atomic E-state index is 0.401. The monoisotopic (exact) mass is 169 g/mol. The molecule has 2 heterocycles. The van der Waals surface area contributed by atoms with Crippen LogP contribution in [0.15, 0.2) is 0 Å². The average molecular weight is 169 g/mol. The Bertz CT molecular complexity index is 144. The zero-order valence-corrected chi connectivity index (χ0v) is 7.58. The third-order valence-corrected chi connectivity index (χ3v) is 3.32. The number of hydrogen-bond donors (Lipinski definition) is 2. The Morgan fingerprint density at radius 2 is 1.50 bits per heavy atom. The van der Waals surface area contributed by atoms with E-state index in [1.165, 1.54) is 25.7 Å². The summed E-state index contributed by atoms with van der Waals surface area (Å²) in [4.78, 5) is 0. The summed E-state index contributed by atoms with van der Waals surface area (Å²) in [6, 6.07) is 1.54. The van der Waals surface area contributed by atoms with E-state index >= 15 is 0 Å². The summed E-state index contributed by atoms with van der Waals surface area (Å²) in [6.07, 6.45) is 7.38. The van der Waals surface area contributed by atoms with Gasteiger partial charge in [0.2, 0.25) is 0 Å². The molecule has 3 nitrogen and oxygen atoms in total. The lowest BCUT2D eigenvalue weighted by Crippen LogP contribution is -2.55. The molecule has 0 spiro atoms. The maximum atomic E-state index is 6.02. The first-order valence-corrected chi connectivity index (χ1v) is 5.06. The summed E-state index contributed by atoms with van der Waals surface area (Å²) in [5.74, 6) is 6.02. The molecule has 4 N–H and O–H groups in total. The maximum absolute atomic E-state index is 6.02. The Hall–Kier alpha value is -0.120. The molecule has 0 aliphatic carbocycles. The Labute approximate surface area is 74.1 Å². The first-order chi connectivity index (χ1) is 5.77. The Morgan fingerprint density at radius 3 is 2.00 bits per heavy atom. The van der Waals surface area contributed by atoms with Crippen LogP contribution in [0.5, 0.6) is 0 Å². The summed E-state index contributed by atoms with van der Waals surface area (Å²) >= 11 is 0. The first-order valence-electron chi connectivity index (χ1n) is 5.06. The van der Waals surface area contributed by atoms with Gasteiger partial charge in [0, 0.05) is 18.1 Å². The van der Waals surface area contributed by atoms with Crippen LogP contribution in [0.25, 0.3) is 0 Å². The van der Waals surface area contributed by atoms with Crippen LogP contribution >= 0.6 is 0 Å². The van der Waals surface area contributed by atoms with Crippen molar-refractivity contribution in [3.63, 3.8) is 0 Å². The molecule has 2 fully saturated rings. The number of hydrogen-bond acceptors (Lipinski definition) is 3. The summed E-state index contributed by atoms with van der Waals surface area (Å²) in [6.45, 7) is 0. The molecule has 2 aliphatic heterocycles. The highest BCUT2D eigenvalue weighted by Gasteiger charge is 2.33. The molecular formula is C9H19N3. The summed E-state index contributed by atoms with van der Waals surface area (Å²) in [5, 5.41) is 2.08. The van der Waals surface area contributed by atoms with Gasteiger partial charge in [-0.15, -0.1) is 0 Å². The normalized spacial score (nSPS) is 44.0. The molecule has 3 atom stereocenters. The van der Waals surface area contributed by atoms with Gasteiger partial charge >= 0.3 is 0 Å². The minimum Gasteiger partial charge on any atom is -0.328 e. The van der Waals surface area contributed by atoms with Crippen LogP contribution in [0.2, 0.25) is 0 Å². The van der Waals surface area contributed by atoms with Crippen molar-refractivity contribution in [2.75, 3.05) is 0 Å². The van der Waals surface area contributed by atoms with Crippen molar-refractivity contribution >= 4 is 0 Å². The molecule has 0 unspecified atom stereocenters. The molecule has 0 aromatic carbocycles. The fourth-order valence-corrected chi connectivity index (χ4v) is 2.63. The van der Waals surface area contributed by atoms with Crippen LogP contribution < -0.4 is 11.6 Å². The highest BCUT2D eigenvalue weighted by Crippen LogP contribution is 2.29. The Morgan fingerprint density at radius 1 is 1.00 bits per heavy atom. The molecule has 3 heteroatoms. The van der Waals surface area contributed by atoms with Crippen molar-refractivity contribution < 1.29 is 0 Å². The molecule has 12 heavy (non-hydrogen) atoms. The third kappa shape index (κ3) is 1.49. The number of nitrogens with two attached hydrogens (primary N) is 2. The molecule has 2 saturated heterocycles. The zero-order chi connectivity index (χ0) is 8.55. The standard InChI is InChI=1S/C9H19N3/c10-7-5-8-3-1-2-4-9(6-7)12(8)11/h7-9H,1-6,10-11H2/t7-,8-,9+. The number of piperidine rings is 1. The van der Waals surface area contributed by atoms with Crippen LogP contribution in [0, 0.1) is 0 Å². The predicted octanol–water partition coefficient (Wildman–Crippen LogP) is 0.594. The molecule has 2 aliphatic rings. The molecule has 0 radical (unpaired) electrons. The average Bonchev–Trinajstić information content (AvgIpc) is 2.19. The van der Waals surface area contributed by atoms with Crippen molar-refractivity contribution in [3.05, 3.63) is 0 Å². The van der Waals surface area contributed by atoms with Gasteiger partial charge in [0.1, 0.15) is 0 Å². The van der Waals surface area contributed by atoms with Gasteiger partial charge in [-0.05, 0) is 25.7 Å². The molecule has 0 aromatic rings. The van der Waals surface area contributed by atoms with E-state index in [4.69, 9.17) is 11.6 Å². The molecule has 2 rings (SSSR count). The number of hydrazine groups is 1. The largest absolute Gasteiger partial charge is 0.328 e. The van der Waals surface area contributed by atoms with E-state index in [0.29, 0.717) is 18.1 Å². The second-order valence-electron chi connectivity index (χ2n) is 4.27. The summed E-state index contributed by atoms with van der Waals surface area (Å²) < 4.78 is 0. The summed E-state index contributed by atoms with van der Waals surface area (Å²) in [5.41, 5.74) is 5.97. The van der Waals surface area contributed by atoms with E-state index in [-0.39, 0.29) is 0 Å². The molecule has 0 aromatic heterocycles. The van der Waals surface area contributed by atoms with Gasteiger partial charge in [-0.1, -0.05) is 12.8 Å². The van der Waals surface area contributed by atoms with Crippen LogP contribution in [-0.2, 0) is 0 Å². The van der Waals surface area contributed by atoms with Crippen LogP contribution in [-0.4, -0.2) is 23.1 Å². The smallest absolute Gasteiger partial charge is 0.0259 e. The van der Waals surface area contributed by atoms with Gasteiger partial charge in [0.15, 0.2) is 0 Å². The number of nitrogens with zero attached hydrogens (tertiary/aromatic N) is 1. The minimum absolute atomic E-state index is 0.401. The van der Waals surface area contributed by atoms with Gasteiger partial charge in [-0.3, -0.25) is 5.84 Å². The van der Waals surface area contributed by atoms with Crippen LogP contribution in [0.3, 0.4) is 0 Å². The van der Waals surface area contributed by atoms with E-state index in [1.54, 1.807) is 0 Å². The quantitative estimate of drug-likeness (QED) is 0.522. The first kappa shape index (κ1) is 8.48. The van der Waals surface area contributed by atoms with Crippen molar-refractivity contribution in [1.29, 1.82) is 0 Å². The van der Waals surface area contributed by atoms with E-state index < -0.39 is 0 Å². The van der Waals surface area contributed by atoms with Crippen LogP contribution in [0.4, 0.5) is 0 Å². The van der Waals surface area contributed by atoms with E-state index in [2.05, 4.69) is 5.01 Å². The molecular weight excluding hydrogens is 150 g/mol. The van der Waals surface area contributed by atoms with E-state index in [9.17, 15) is 0 Å². The molecule has 2 bridgehead atoms. The third-order valence-electron chi connectivity index (χ3n) is 3.32. The highest BCUT2D eigenvalue weighted by atomic mass is 15.4. The Balaban J connectivity index is 2.08. The van der Waals surface area contributed by atoms with E-state index in [1.807, 2.05) is 0 Å². The van der Waals surface area contributed by atoms with E-state index in [0.717, 1.165) is 12.8 Å². The lowest BCUT2D eigenvalue weighted by molar-refractivity contribution is 0.0759. The van der Waals surface area contributed by atoms with Gasteiger partial charge in [0.05, 0.1) is 0 Å². The van der Waals surface area contributed by atoms with Gasteiger partial charge in [-0.25, -0.2) is 5.01 Å². The van der Waals surface area contributed by atoms with Crippen LogP contribution in [0.1, 0.15) is 38.5 Å². The predicted molar refractivity (Wildman–Crippen MR) is 49.3 cm³/mol. The maximum Gasteiger partial charge on any atom is 0.0259 e. The van der Waals surface area contributed by atoms with Crippen molar-refractivity contribution in [2.24, 2.45) is 11.6 Å². The fourth-order valence-electron chi connectivity index (χ4n) is 2.63. The molecule has 0 amide bonds. The number of fused-ring (bicyclic) bond motifs is 2. The highest BCUT2D eigenvalue weighted by molar-refractivity contribution is 4.89. The second kappa shape index (κ2) is 3.32. The molecule has 70 valence electrons. The zero-order valence-electron chi connectivity index (χ0n) is 7.58. The lowest BCUT2D eigenvalue weighted by atomic mass is 9.93. The van der Waals surface area contributed by atoms with Crippen molar-refractivity contribution in [1.82, 2.24) is 5.01 Å². The summed E-state index contributed by atoms with van der Waals surface area (Å²) in [7, 11) is 0. The van der Waals surface area contributed by atoms with Crippen molar-refractivity contribution in [3.8, 4) is 0 Å². The van der Waals surface area contributed by atoms with Gasteiger partial charge in [-0.2, -0.15) is 0 Å². The fraction of sp³-hybridized carbons (Fsp3) is 1.00. The second-order valence-corrected chi connectivity index (χ2v) is 4.27. The van der Waals surface area contributed by atoms with Gasteiger partial charge < -0.3 is 5.73 Å². The lowest BCUT2D eigenvalue weighted by Gasteiger charge is -2.39. The molecule has 0 saturated carbocycles.